The maximum atomic E-state index is 13.2. The molecular formula is C20H26N2O4S. The van der Waals surface area contributed by atoms with Gasteiger partial charge >= 0.3 is 0 Å². The maximum Gasteiger partial charge on any atom is 0.264 e. The summed E-state index contributed by atoms with van der Waals surface area (Å²) in [7, 11) is -3.92. The van der Waals surface area contributed by atoms with Crippen molar-refractivity contribution in [2.24, 2.45) is 0 Å². The highest BCUT2D eigenvalue weighted by Crippen LogP contribution is 2.25. The van der Waals surface area contributed by atoms with Crippen molar-refractivity contribution >= 4 is 21.6 Å². The lowest BCUT2D eigenvalue weighted by atomic mass is 10.1. The standard InChI is InChI=1S/C20H26N2O4S/c1-5-26-17-11-13-18(14-12-17)27(24,25)22(16-9-7-6-8-10-16)15-19(23)21-20(2,3)4/h6-14H,5,15H2,1-4H3,(H,21,23). The van der Waals surface area contributed by atoms with Crippen LogP contribution in [0.15, 0.2) is 59.5 Å². The van der Waals surface area contributed by atoms with Crippen LogP contribution >= 0.6 is 0 Å². The summed E-state index contributed by atoms with van der Waals surface area (Å²) >= 11 is 0. The molecule has 0 aliphatic rings. The van der Waals surface area contributed by atoms with Crippen LogP contribution in [0.3, 0.4) is 0 Å². The summed E-state index contributed by atoms with van der Waals surface area (Å²) in [5, 5.41) is 2.80. The van der Waals surface area contributed by atoms with Gasteiger partial charge in [0.25, 0.3) is 10.0 Å². The van der Waals surface area contributed by atoms with Crippen molar-refractivity contribution in [1.29, 1.82) is 0 Å². The Morgan fingerprint density at radius 1 is 1.04 bits per heavy atom. The predicted octanol–water partition coefficient (Wildman–Crippen LogP) is 3.20. The number of rotatable bonds is 7. The van der Waals surface area contributed by atoms with Crippen molar-refractivity contribution < 1.29 is 17.9 Å². The molecule has 0 saturated heterocycles. The topological polar surface area (TPSA) is 75.7 Å². The molecule has 6 nitrogen and oxygen atoms in total. The zero-order valence-electron chi connectivity index (χ0n) is 16.1. The van der Waals surface area contributed by atoms with Crippen molar-refractivity contribution in [3.63, 3.8) is 0 Å². The molecule has 0 aliphatic carbocycles. The summed E-state index contributed by atoms with van der Waals surface area (Å²) in [5.41, 5.74) is -0.0297. The number of para-hydroxylation sites is 1. The summed E-state index contributed by atoms with van der Waals surface area (Å²) < 4.78 is 32.9. The van der Waals surface area contributed by atoms with E-state index in [0.717, 1.165) is 4.31 Å². The van der Waals surface area contributed by atoms with Gasteiger partial charge in [-0.05, 0) is 64.1 Å². The number of sulfonamides is 1. The monoisotopic (exact) mass is 390 g/mol. The molecule has 0 spiro atoms. The van der Waals surface area contributed by atoms with Gasteiger partial charge in [-0.25, -0.2) is 8.42 Å². The second-order valence-electron chi connectivity index (χ2n) is 7.05. The Balaban J connectivity index is 2.38. The first kappa shape index (κ1) is 20.8. The van der Waals surface area contributed by atoms with Crippen LogP contribution in [0.4, 0.5) is 5.69 Å². The summed E-state index contributed by atoms with van der Waals surface area (Å²) in [6.45, 7) is 7.58. The molecule has 0 fully saturated rings. The second-order valence-corrected chi connectivity index (χ2v) is 8.91. The molecule has 2 aromatic carbocycles. The number of anilines is 1. The van der Waals surface area contributed by atoms with Crippen molar-refractivity contribution in [3.05, 3.63) is 54.6 Å². The van der Waals surface area contributed by atoms with Crippen molar-refractivity contribution in [1.82, 2.24) is 5.32 Å². The summed E-state index contributed by atoms with van der Waals surface area (Å²) in [4.78, 5) is 12.5. The molecule has 0 aliphatic heterocycles. The molecule has 1 amide bonds. The SMILES string of the molecule is CCOc1ccc(S(=O)(=O)N(CC(=O)NC(C)(C)C)c2ccccc2)cc1. The molecule has 0 aromatic heterocycles. The third kappa shape index (κ3) is 5.72. The van der Waals surface area contributed by atoms with Gasteiger partial charge in [-0.2, -0.15) is 0 Å². The number of hydrogen-bond donors (Lipinski definition) is 1. The van der Waals surface area contributed by atoms with E-state index in [1.54, 1.807) is 42.5 Å². The van der Waals surface area contributed by atoms with Crippen LogP contribution in [0.25, 0.3) is 0 Å². The van der Waals surface area contributed by atoms with Gasteiger partial charge in [-0.3, -0.25) is 9.10 Å². The van der Waals surface area contributed by atoms with Crippen LogP contribution in [0.1, 0.15) is 27.7 Å². The van der Waals surface area contributed by atoms with Crippen molar-refractivity contribution in [3.8, 4) is 5.75 Å². The van der Waals surface area contributed by atoms with Gasteiger partial charge in [0.15, 0.2) is 0 Å². The van der Waals surface area contributed by atoms with Crippen LogP contribution in [-0.4, -0.2) is 33.0 Å². The van der Waals surface area contributed by atoms with Crippen LogP contribution in [0.2, 0.25) is 0 Å². The van der Waals surface area contributed by atoms with Gasteiger partial charge in [-0.15, -0.1) is 0 Å². The molecule has 146 valence electrons. The Hall–Kier alpha value is -2.54. The Morgan fingerprint density at radius 3 is 2.15 bits per heavy atom. The molecule has 0 bridgehead atoms. The van der Waals surface area contributed by atoms with Crippen molar-refractivity contribution in [2.75, 3.05) is 17.5 Å². The van der Waals surface area contributed by atoms with Crippen LogP contribution < -0.4 is 14.4 Å². The highest BCUT2D eigenvalue weighted by molar-refractivity contribution is 7.92. The lowest BCUT2D eigenvalue weighted by Gasteiger charge is -2.27. The fourth-order valence-corrected chi connectivity index (χ4v) is 3.92. The van der Waals surface area contributed by atoms with E-state index < -0.39 is 15.6 Å². The smallest absolute Gasteiger partial charge is 0.264 e. The van der Waals surface area contributed by atoms with Gasteiger partial charge in [0.05, 0.1) is 17.2 Å². The minimum Gasteiger partial charge on any atom is -0.494 e. The molecule has 2 rings (SSSR count). The fraction of sp³-hybridized carbons (Fsp3) is 0.350. The molecule has 0 atom stereocenters. The van der Waals surface area contributed by atoms with Gasteiger partial charge in [0, 0.05) is 5.54 Å². The van der Waals surface area contributed by atoms with Crippen molar-refractivity contribution in [2.45, 2.75) is 38.1 Å². The molecule has 0 saturated carbocycles. The molecule has 0 radical (unpaired) electrons. The zero-order valence-corrected chi connectivity index (χ0v) is 16.9. The maximum absolute atomic E-state index is 13.2. The van der Waals surface area contributed by atoms with E-state index in [4.69, 9.17) is 4.74 Å². The summed E-state index contributed by atoms with van der Waals surface area (Å²) in [6.07, 6.45) is 0. The summed E-state index contributed by atoms with van der Waals surface area (Å²) in [5.74, 6) is 0.217. The van der Waals surface area contributed by atoms with Crippen LogP contribution in [0.5, 0.6) is 5.75 Å². The first-order valence-corrected chi connectivity index (χ1v) is 10.2. The average Bonchev–Trinajstić information content (AvgIpc) is 2.59. The number of amides is 1. The number of ether oxygens (including phenoxy) is 1. The Labute approximate surface area is 161 Å². The first-order chi connectivity index (χ1) is 12.6. The number of carbonyl (C=O) groups is 1. The molecule has 0 heterocycles. The minimum absolute atomic E-state index is 0.0957. The third-order valence-corrected chi connectivity index (χ3v) is 5.36. The van der Waals surface area contributed by atoms with Crippen LogP contribution in [-0.2, 0) is 14.8 Å². The molecule has 0 unspecified atom stereocenters. The number of carbonyl (C=O) groups excluding carboxylic acids is 1. The number of nitrogens with zero attached hydrogens (tertiary/aromatic N) is 1. The second kappa shape index (κ2) is 8.43. The number of hydrogen-bond acceptors (Lipinski definition) is 4. The lowest BCUT2D eigenvalue weighted by molar-refractivity contribution is -0.121. The van der Waals surface area contributed by atoms with E-state index in [1.807, 2.05) is 27.7 Å². The minimum atomic E-state index is -3.92. The average molecular weight is 391 g/mol. The largest absolute Gasteiger partial charge is 0.494 e. The highest BCUT2D eigenvalue weighted by atomic mass is 32.2. The van der Waals surface area contributed by atoms with E-state index >= 15 is 0 Å². The Bertz CT molecular complexity index is 857. The predicted molar refractivity (Wildman–Crippen MR) is 106 cm³/mol. The van der Waals surface area contributed by atoms with Gasteiger partial charge in [0.1, 0.15) is 12.3 Å². The summed E-state index contributed by atoms with van der Waals surface area (Å²) in [6, 6.07) is 14.8. The zero-order chi connectivity index (χ0) is 20.1. The van der Waals surface area contributed by atoms with E-state index in [-0.39, 0.29) is 17.3 Å². The molecule has 7 heteroatoms. The van der Waals surface area contributed by atoms with Crippen LogP contribution in [0, 0.1) is 0 Å². The first-order valence-electron chi connectivity index (χ1n) is 8.75. The van der Waals surface area contributed by atoms with E-state index in [2.05, 4.69) is 5.32 Å². The lowest BCUT2D eigenvalue weighted by Crippen LogP contribution is -2.47. The van der Waals surface area contributed by atoms with Gasteiger partial charge in [-0.1, -0.05) is 18.2 Å². The normalized spacial score (nSPS) is 11.7. The molecular weight excluding hydrogens is 364 g/mol. The van der Waals surface area contributed by atoms with Gasteiger partial charge < -0.3 is 10.1 Å². The molecule has 2 aromatic rings. The van der Waals surface area contributed by atoms with E-state index in [1.165, 1.54) is 12.1 Å². The van der Waals surface area contributed by atoms with E-state index in [0.29, 0.717) is 18.0 Å². The Kier molecular flexibility index (Phi) is 6.49. The number of nitrogens with one attached hydrogen (secondary N) is 1. The fourth-order valence-electron chi connectivity index (χ4n) is 2.50. The van der Waals surface area contributed by atoms with E-state index in [9.17, 15) is 13.2 Å². The number of benzene rings is 2. The quantitative estimate of drug-likeness (QED) is 0.788. The van der Waals surface area contributed by atoms with Gasteiger partial charge in [0.2, 0.25) is 5.91 Å². The molecule has 27 heavy (non-hydrogen) atoms. The highest BCUT2D eigenvalue weighted by Gasteiger charge is 2.28. The molecule has 1 N–H and O–H groups in total. The third-order valence-electron chi connectivity index (χ3n) is 3.57. The Morgan fingerprint density at radius 2 is 1.63 bits per heavy atom.